The van der Waals surface area contributed by atoms with Gasteiger partial charge in [0.2, 0.25) is 0 Å². The molecule has 2 aliphatic rings. The average molecular weight is 307 g/mol. The molecular formula is C17H23ClN2O. The maximum Gasteiger partial charge on any atom is 0.253 e. The van der Waals surface area contributed by atoms with Crippen LogP contribution in [0, 0.1) is 16.7 Å². The van der Waals surface area contributed by atoms with E-state index in [4.69, 9.17) is 17.3 Å². The molecule has 1 aromatic carbocycles. The normalized spacial score (nSPS) is 33.1. The molecule has 2 saturated carbocycles. The first-order chi connectivity index (χ1) is 9.75. The lowest BCUT2D eigenvalue weighted by molar-refractivity contribution is 0.0827. The summed E-state index contributed by atoms with van der Waals surface area (Å²) in [5.41, 5.74) is 7.33. The molecule has 1 amide bonds. The Hall–Kier alpha value is -1.22. The molecule has 0 saturated heterocycles. The van der Waals surface area contributed by atoms with Gasteiger partial charge in [-0.3, -0.25) is 4.79 Å². The largest absolute Gasteiger partial charge is 0.398 e. The number of hydrogen-bond donors (Lipinski definition) is 2. The molecule has 3 atom stereocenters. The van der Waals surface area contributed by atoms with Crippen LogP contribution < -0.4 is 11.1 Å². The summed E-state index contributed by atoms with van der Waals surface area (Å²) < 4.78 is 0. The van der Waals surface area contributed by atoms with Gasteiger partial charge in [-0.2, -0.15) is 0 Å². The maximum atomic E-state index is 12.5. The van der Waals surface area contributed by atoms with Gasteiger partial charge < -0.3 is 11.1 Å². The van der Waals surface area contributed by atoms with Crippen molar-refractivity contribution >= 4 is 23.2 Å². The minimum Gasteiger partial charge on any atom is -0.398 e. The van der Waals surface area contributed by atoms with Gasteiger partial charge in [-0.1, -0.05) is 32.4 Å². The van der Waals surface area contributed by atoms with Crippen molar-refractivity contribution in [3.05, 3.63) is 28.8 Å². The first-order valence-electron chi connectivity index (χ1n) is 7.61. The van der Waals surface area contributed by atoms with Gasteiger partial charge in [0.25, 0.3) is 5.91 Å². The van der Waals surface area contributed by atoms with Gasteiger partial charge in [0.1, 0.15) is 0 Å². The Morgan fingerprint density at radius 2 is 2.10 bits per heavy atom. The molecule has 3 rings (SSSR count). The lowest BCUT2D eigenvalue weighted by Gasteiger charge is -2.39. The van der Waals surface area contributed by atoms with Crippen molar-refractivity contribution in [3.8, 4) is 0 Å². The van der Waals surface area contributed by atoms with Crippen molar-refractivity contribution in [2.45, 2.75) is 46.1 Å². The summed E-state index contributed by atoms with van der Waals surface area (Å²) in [6.07, 6.45) is 3.54. The molecule has 0 spiro atoms. The van der Waals surface area contributed by atoms with Crippen molar-refractivity contribution < 1.29 is 4.79 Å². The number of nitrogen functional groups attached to an aromatic ring is 1. The number of fused-ring (bicyclic) bond motifs is 2. The summed E-state index contributed by atoms with van der Waals surface area (Å²) in [5.74, 6) is 0.620. The van der Waals surface area contributed by atoms with E-state index in [1.165, 1.54) is 12.8 Å². The van der Waals surface area contributed by atoms with Crippen molar-refractivity contribution in [2.24, 2.45) is 16.7 Å². The van der Waals surface area contributed by atoms with E-state index in [9.17, 15) is 4.79 Å². The molecule has 2 fully saturated rings. The summed E-state index contributed by atoms with van der Waals surface area (Å²) in [4.78, 5) is 12.5. The lowest BCUT2D eigenvalue weighted by atomic mass is 9.69. The molecule has 0 heterocycles. The van der Waals surface area contributed by atoms with Gasteiger partial charge in [0.05, 0.1) is 5.56 Å². The molecule has 2 bridgehead atoms. The van der Waals surface area contributed by atoms with E-state index < -0.39 is 0 Å². The fourth-order valence-electron chi connectivity index (χ4n) is 4.40. The fraction of sp³-hybridized carbons (Fsp3) is 0.588. The van der Waals surface area contributed by atoms with E-state index in [-0.39, 0.29) is 22.8 Å². The summed E-state index contributed by atoms with van der Waals surface area (Å²) in [7, 11) is 0. The van der Waals surface area contributed by atoms with Crippen LogP contribution in [0.3, 0.4) is 0 Å². The first-order valence-corrected chi connectivity index (χ1v) is 7.99. The molecule has 4 heteroatoms. The minimum atomic E-state index is -0.0845. The monoisotopic (exact) mass is 306 g/mol. The van der Waals surface area contributed by atoms with Gasteiger partial charge in [0.15, 0.2) is 0 Å². The van der Waals surface area contributed by atoms with E-state index >= 15 is 0 Å². The molecule has 114 valence electrons. The Balaban J connectivity index is 1.80. The summed E-state index contributed by atoms with van der Waals surface area (Å²) in [6, 6.07) is 5.27. The highest BCUT2D eigenvalue weighted by Crippen LogP contribution is 2.65. The number of anilines is 1. The van der Waals surface area contributed by atoms with Crippen molar-refractivity contribution in [2.75, 3.05) is 5.73 Å². The van der Waals surface area contributed by atoms with Crippen molar-refractivity contribution in [1.82, 2.24) is 5.32 Å². The number of hydrogen-bond acceptors (Lipinski definition) is 2. The zero-order chi connectivity index (χ0) is 15.4. The van der Waals surface area contributed by atoms with E-state index in [1.54, 1.807) is 18.2 Å². The zero-order valence-electron chi connectivity index (χ0n) is 12.9. The lowest BCUT2D eigenvalue weighted by Crippen LogP contribution is -2.47. The van der Waals surface area contributed by atoms with Crippen LogP contribution in [0.25, 0.3) is 0 Å². The third kappa shape index (κ3) is 2.05. The molecule has 3 N–H and O–H groups in total. The van der Waals surface area contributed by atoms with Crippen molar-refractivity contribution in [3.63, 3.8) is 0 Å². The number of nitrogens with one attached hydrogen (secondary N) is 1. The fourth-order valence-corrected chi connectivity index (χ4v) is 4.58. The highest BCUT2D eigenvalue weighted by molar-refractivity contribution is 6.31. The van der Waals surface area contributed by atoms with E-state index in [1.807, 2.05) is 0 Å². The zero-order valence-corrected chi connectivity index (χ0v) is 13.6. The van der Waals surface area contributed by atoms with Gasteiger partial charge in [-0.15, -0.1) is 0 Å². The Kier molecular flexibility index (Phi) is 3.25. The molecule has 0 aliphatic heterocycles. The summed E-state index contributed by atoms with van der Waals surface area (Å²) in [6.45, 7) is 7.00. The van der Waals surface area contributed by atoms with Crippen LogP contribution in [-0.4, -0.2) is 11.9 Å². The van der Waals surface area contributed by atoms with Crippen LogP contribution in [0.5, 0.6) is 0 Å². The molecule has 1 aromatic rings. The van der Waals surface area contributed by atoms with Gasteiger partial charge in [-0.25, -0.2) is 0 Å². The highest BCUT2D eigenvalue weighted by Gasteiger charge is 2.61. The molecule has 3 unspecified atom stereocenters. The Labute approximate surface area is 131 Å². The number of halogens is 1. The topological polar surface area (TPSA) is 55.1 Å². The molecule has 3 nitrogen and oxygen atoms in total. The van der Waals surface area contributed by atoms with E-state index in [0.717, 1.165) is 6.42 Å². The Morgan fingerprint density at radius 3 is 2.62 bits per heavy atom. The van der Waals surface area contributed by atoms with Crippen LogP contribution in [0.1, 0.15) is 50.4 Å². The number of benzene rings is 1. The second-order valence-electron chi connectivity index (χ2n) is 7.37. The SMILES string of the molecule is CC1(C)C2CCC1(C)C(NC(=O)c1ccc(Cl)cc1N)C2. The summed E-state index contributed by atoms with van der Waals surface area (Å²) >= 11 is 5.89. The average Bonchev–Trinajstić information content (AvgIpc) is 2.71. The van der Waals surface area contributed by atoms with E-state index in [0.29, 0.717) is 22.2 Å². The Bertz CT molecular complexity index is 598. The van der Waals surface area contributed by atoms with E-state index in [2.05, 4.69) is 26.1 Å². The molecule has 2 aliphatic carbocycles. The predicted octanol–water partition coefficient (Wildman–Crippen LogP) is 3.87. The van der Waals surface area contributed by atoms with Crippen LogP contribution in [0.4, 0.5) is 5.69 Å². The molecular weight excluding hydrogens is 284 g/mol. The number of carbonyl (C=O) groups excluding carboxylic acids is 1. The second-order valence-corrected chi connectivity index (χ2v) is 7.80. The minimum absolute atomic E-state index is 0.0845. The third-order valence-corrected chi connectivity index (χ3v) is 6.59. The maximum absolute atomic E-state index is 12.5. The van der Waals surface area contributed by atoms with Gasteiger partial charge in [-0.05, 0) is 54.2 Å². The smallest absolute Gasteiger partial charge is 0.253 e. The van der Waals surface area contributed by atoms with Crippen LogP contribution >= 0.6 is 11.6 Å². The number of nitrogens with two attached hydrogens (primary N) is 1. The first kappa shape index (κ1) is 14.7. The third-order valence-electron chi connectivity index (χ3n) is 6.36. The van der Waals surface area contributed by atoms with Gasteiger partial charge in [0, 0.05) is 16.8 Å². The number of amides is 1. The molecule has 0 aromatic heterocycles. The van der Waals surface area contributed by atoms with Gasteiger partial charge >= 0.3 is 0 Å². The van der Waals surface area contributed by atoms with Crippen LogP contribution in [-0.2, 0) is 0 Å². The molecule has 21 heavy (non-hydrogen) atoms. The second kappa shape index (κ2) is 4.64. The predicted molar refractivity (Wildman–Crippen MR) is 86.3 cm³/mol. The summed E-state index contributed by atoms with van der Waals surface area (Å²) in [5, 5.41) is 3.77. The van der Waals surface area contributed by atoms with Crippen LogP contribution in [0.15, 0.2) is 18.2 Å². The number of rotatable bonds is 2. The number of carbonyl (C=O) groups is 1. The molecule has 0 radical (unpaired) electrons. The Morgan fingerprint density at radius 1 is 1.38 bits per heavy atom. The standard InChI is InChI=1S/C17H23ClN2O/c1-16(2)10-6-7-17(16,3)14(8-10)20-15(21)12-5-4-11(18)9-13(12)19/h4-5,9-10,14H,6-8,19H2,1-3H3,(H,20,21). The van der Waals surface area contributed by atoms with Crippen molar-refractivity contribution in [1.29, 1.82) is 0 Å². The quantitative estimate of drug-likeness (QED) is 0.815. The van der Waals surface area contributed by atoms with Crippen LogP contribution in [0.2, 0.25) is 5.02 Å². The highest BCUT2D eigenvalue weighted by atomic mass is 35.5.